The Labute approximate surface area is 141 Å². The zero-order chi connectivity index (χ0) is 13.9. The number of halogens is 2. The Kier molecular flexibility index (Phi) is 6.80. The molecule has 0 spiro atoms. The third kappa shape index (κ3) is 3.97. The lowest BCUT2D eigenvalue weighted by atomic mass is 10.1. The number of nitrogens with two attached hydrogens (primary N) is 1. The number of piperidine rings is 1. The van der Waals surface area contributed by atoms with Crippen molar-refractivity contribution in [3.63, 3.8) is 0 Å². The summed E-state index contributed by atoms with van der Waals surface area (Å²) in [6.45, 7) is 1.40. The quantitative estimate of drug-likeness (QED) is 0.899. The summed E-state index contributed by atoms with van der Waals surface area (Å²) in [4.78, 5) is 22.4. The van der Waals surface area contributed by atoms with E-state index in [0.29, 0.717) is 12.1 Å². The van der Waals surface area contributed by atoms with E-state index < -0.39 is 0 Å². The molecule has 120 valence electrons. The van der Waals surface area contributed by atoms with Crippen LogP contribution in [-0.2, 0) is 0 Å². The maximum absolute atomic E-state index is 12.4. The van der Waals surface area contributed by atoms with Gasteiger partial charge < -0.3 is 10.6 Å². The van der Waals surface area contributed by atoms with E-state index in [4.69, 9.17) is 5.73 Å². The standard InChI is InChI=1S/C14H17N5O.2ClH/c15-12-2-1-6-18(9-12)14(20)11-3-4-13(17-8-11)19-7-5-16-10-19;;/h3-5,7-8,10,12H,1-2,6,9,15H2;2*1H. The van der Waals surface area contributed by atoms with Crippen LogP contribution in [0.1, 0.15) is 23.2 Å². The Morgan fingerprint density at radius 1 is 1.32 bits per heavy atom. The molecule has 0 radical (unpaired) electrons. The first-order valence-corrected chi connectivity index (χ1v) is 6.73. The molecule has 0 saturated carbocycles. The highest BCUT2D eigenvalue weighted by molar-refractivity contribution is 5.94. The number of aromatic nitrogens is 3. The Morgan fingerprint density at radius 2 is 2.14 bits per heavy atom. The molecule has 1 atom stereocenters. The van der Waals surface area contributed by atoms with Gasteiger partial charge in [0.15, 0.2) is 0 Å². The van der Waals surface area contributed by atoms with Crippen molar-refractivity contribution in [1.29, 1.82) is 0 Å². The number of hydrogen-bond donors (Lipinski definition) is 1. The van der Waals surface area contributed by atoms with Crippen molar-refractivity contribution in [2.75, 3.05) is 13.1 Å². The van der Waals surface area contributed by atoms with Crippen molar-refractivity contribution < 1.29 is 4.79 Å². The summed E-state index contributed by atoms with van der Waals surface area (Å²) in [5.41, 5.74) is 6.51. The molecule has 0 bridgehead atoms. The first-order valence-electron chi connectivity index (χ1n) is 6.73. The minimum absolute atomic E-state index is 0. The Balaban J connectivity index is 0.00000121. The number of nitrogens with zero attached hydrogens (tertiary/aromatic N) is 4. The van der Waals surface area contributed by atoms with Gasteiger partial charge in [0.05, 0.1) is 5.56 Å². The summed E-state index contributed by atoms with van der Waals surface area (Å²) in [6, 6.07) is 3.70. The van der Waals surface area contributed by atoms with Crippen molar-refractivity contribution in [2.24, 2.45) is 5.73 Å². The highest BCUT2D eigenvalue weighted by Crippen LogP contribution is 2.13. The van der Waals surface area contributed by atoms with Gasteiger partial charge in [0.25, 0.3) is 5.91 Å². The molecule has 0 aromatic carbocycles. The van der Waals surface area contributed by atoms with Crippen molar-refractivity contribution in [1.82, 2.24) is 19.4 Å². The van der Waals surface area contributed by atoms with E-state index in [1.165, 1.54) is 0 Å². The molecule has 2 aromatic heterocycles. The van der Waals surface area contributed by atoms with E-state index in [2.05, 4.69) is 9.97 Å². The number of likely N-dealkylation sites (tertiary alicyclic amines) is 1. The minimum atomic E-state index is 0. The summed E-state index contributed by atoms with van der Waals surface area (Å²) in [5.74, 6) is 0.749. The second-order valence-corrected chi connectivity index (χ2v) is 5.03. The Morgan fingerprint density at radius 3 is 2.73 bits per heavy atom. The number of hydrogen-bond acceptors (Lipinski definition) is 4. The van der Waals surface area contributed by atoms with Crippen LogP contribution in [0.2, 0.25) is 0 Å². The van der Waals surface area contributed by atoms with Crippen LogP contribution in [-0.4, -0.2) is 44.5 Å². The number of pyridine rings is 1. The maximum Gasteiger partial charge on any atom is 0.255 e. The molecule has 2 N–H and O–H groups in total. The van der Waals surface area contributed by atoms with Gasteiger partial charge in [0.2, 0.25) is 0 Å². The molecular formula is C14H19Cl2N5O. The molecule has 22 heavy (non-hydrogen) atoms. The molecule has 3 heterocycles. The zero-order valence-corrected chi connectivity index (χ0v) is 13.6. The average molecular weight is 344 g/mol. The number of carbonyl (C=O) groups is 1. The fourth-order valence-electron chi connectivity index (χ4n) is 2.44. The first-order chi connectivity index (χ1) is 9.74. The molecule has 3 rings (SSSR count). The lowest BCUT2D eigenvalue weighted by Crippen LogP contribution is -2.45. The third-order valence-electron chi connectivity index (χ3n) is 3.51. The molecule has 1 aliphatic rings. The van der Waals surface area contributed by atoms with Crippen LogP contribution in [0, 0.1) is 0 Å². The van der Waals surface area contributed by atoms with Gasteiger partial charge in [-0.1, -0.05) is 0 Å². The summed E-state index contributed by atoms with van der Waals surface area (Å²) in [6.07, 6.45) is 8.74. The van der Waals surface area contributed by atoms with Gasteiger partial charge in [0.1, 0.15) is 12.1 Å². The van der Waals surface area contributed by atoms with Gasteiger partial charge in [-0.15, -0.1) is 24.8 Å². The Hall–Kier alpha value is -1.63. The molecule has 1 aliphatic heterocycles. The van der Waals surface area contributed by atoms with Crippen molar-refractivity contribution in [3.05, 3.63) is 42.6 Å². The van der Waals surface area contributed by atoms with E-state index in [-0.39, 0.29) is 36.8 Å². The molecule has 2 aromatic rings. The predicted molar refractivity (Wildman–Crippen MR) is 89.0 cm³/mol. The smallest absolute Gasteiger partial charge is 0.255 e. The molecule has 1 fully saturated rings. The van der Waals surface area contributed by atoms with Crippen LogP contribution in [0.5, 0.6) is 0 Å². The van der Waals surface area contributed by atoms with Crippen molar-refractivity contribution in [3.8, 4) is 5.82 Å². The SMILES string of the molecule is Cl.Cl.NC1CCCN(C(=O)c2ccc(-n3ccnc3)nc2)C1. The highest BCUT2D eigenvalue weighted by Gasteiger charge is 2.22. The van der Waals surface area contributed by atoms with Crippen LogP contribution in [0.25, 0.3) is 5.82 Å². The second kappa shape index (κ2) is 8.12. The lowest BCUT2D eigenvalue weighted by molar-refractivity contribution is 0.0708. The van der Waals surface area contributed by atoms with E-state index in [1.807, 2.05) is 17.2 Å². The van der Waals surface area contributed by atoms with Crippen LogP contribution in [0.15, 0.2) is 37.1 Å². The number of rotatable bonds is 2. The van der Waals surface area contributed by atoms with Gasteiger partial charge in [0, 0.05) is 37.7 Å². The second-order valence-electron chi connectivity index (χ2n) is 5.03. The van der Waals surface area contributed by atoms with Crippen LogP contribution in [0.3, 0.4) is 0 Å². The summed E-state index contributed by atoms with van der Waals surface area (Å²) >= 11 is 0. The Bertz CT molecular complexity index is 588. The number of imidazole rings is 1. The highest BCUT2D eigenvalue weighted by atomic mass is 35.5. The molecule has 6 nitrogen and oxygen atoms in total. The van der Waals surface area contributed by atoms with Gasteiger partial charge in [-0.25, -0.2) is 9.97 Å². The first kappa shape index (κ1) is 18.4. The molecule has 1 saturated heterocycles. The predicted octanol–water partition coefficient (Wildman–Crippen LogP) is 1.67. The van der Waals surface area contributed by atoms with Crippen molar-refractivity contribution >= 4 is 30.7 Å². The van der Waals surface area contributed by atoms with Crippen LogP contribution >= 0.6 is 24.8 Å². The largest absolute Gasteiger partial charge is 0.337 e. The van der Waals surface area contributed by atoms with E-state index in [1.54, 1.807) is 29.4 Å². The summed E-state index contributed by atoms with van der Waals surface area (Å²) in [7, 11) is 0. The summed E-state index contributed by atoms with van der Waals surface area (Å²) < 4.78 is 1.80. The fraction of sp³-hybridized carbons (Fsp3) is 0.357. The molecular weight excluding hydrogens is 325 g/mol. The zero-order valence-electron chi connectivity index (χ0n) is 12.0. The molecule has 1 amide bonds. The molecule has 1 unspecified atom stereocenters. The monoisotopic (exact) mass is 343 g/mol. The van der Waals surface area contributed by atoms with Gasteiger partial charge in [-0.3, -0.25) is 9.36 Å². The average Bonchev–Trinajstić information content (AvgIpc) is 3.01. The van der Waals surface area contributed by atoms with Gasteiger partial charge in [-0.2, -0.15) is 0 Å². The van der Waals surface area contributed by atoms with E-state index >= 15 is 0 Å². The number of amides is 1. The van der Waals surface area contributed by atoms with Gasteiger partial charge in [-0.05, 0) is 25.0 Å². The fourth-order valence-corrected chi connectivity index (χ4v) is 2.44. The lowest BCUT2D eigenvalue weighted by Gasteiger charge is -2.30. The van der Waals surface area contributed by atoms with Crippen LogP contribution in [0.4, 0.5) is 0 Å². The molecule has 0 aliphatic carbocycles. The third-order valence-corrected chi connectivity index (χ3v) is 3.51. The van der Waals surface area contributed by atoms with E-state index in [9.17, 15) is 4.79 Å². The topological polar surface area (TPSA) is 77.0 Å². The number of carbonyl (C=O) groups excluding carboxylic acids is 1. The van der Waals surface area contributed by atoms with Gasteiger partial charge >= 0.3 is 0 Å². The minimum Gasteiger partial charge on any atom is -0.337 e. The van der Waals surface area contributed by atoms with Crippen molar-refractivity contribution in [2.45, 2.75) is 18.9 Å². The van der Waals surface area contributed by atoms with Crippen LogP contribution < -0.4 is 5.73 Å². The maximum atomic E-state index is 12.4. The normalized spacial score (nSPS) is 17.3. The summed E-state index contributed by atoms with van der Waals surface area (Å²) in [5, 5.41) is 0. The van der Waals surface area contributed by atoms with E-state index in [0.717, 1.165) is 25.2 Å². The molecule has 8 heteroatoms.